The molecule has 1 aromatic carbocycles. The van der Waals surface area contributed by atoms with Crippen LogP contribution in [0.1, 0.15) is 63.1 Å². The van der Waals surface area contributed by atoms with E-state index in [1.807, 2.05) is 31.2 Å². The molecule has 3 heteroatoms. The van der Waals surface area contributed by atoms with Gasteiger partial charge in [-0.2, -0.15) is 0 Å². The number of unbranched alkanes of at least 4 members (excludes halogenated alkanes) is 1. The molecule has 0 heterocycles. The van der Waals surface area contributed by atoms with E-state index in [0.29, 0.717) is 0 Å². The van der Waals surface area contributed by atoms with E-state index in [-0.39, 0.29) is 11.9 Å². The summed E-state index contributed by atoms with van der Waals surface area (Å²) in [5.74, 6) is -0.0663. The minimum absolute atomic E-state index is 0.0663. The van der Waals surface area contributed by atoms with Gasteiger partial charge in [0.1, 0.15) is 6.04 Å². The molecule has 0 fully saturated rings. The van der Waals surface area contributed by atoms with Crippen molar-refractivity contribution in [3.63, 3.8) is 0 Å². The van der Waals surface area contributed by atoms with Crippen LogP contribution in [0.5, 0.6) is 0 Å². The van der Waals surface area contributed by atoms with E-state index < -0.39 is 6.04 Å². The Hall–Kier alpha value is -1.35. The predicted octanol–water partition coefficient (Wildman–Crippen LogP) is 3.47. The number of aryl methyl sites for hydroxylation is 1. The summed E-state index contributed by atoms with van der Waals surface area (Å²) >= 11 is 0. The molecule has 0 radical (unpaired) electrons. The summed E-state index contributed by atoms with van der Waals surface area (Å²) in [5, 5.41) is 3.10. The van der Waals surface area contributed by atoms with E-state index in [9.17, 15) is 4.79 Å². The predicted molar refractivity (Wildman–Crippen MR) is 84.5 cm³/mol. The minimum atomic E-state index is -0.573. The number of amides is 1. The van der Waals surface area contributed by atoms with Gasteiger partial charge in [0.25, 0.3) is 0 Å². The summed E-state index contributed by atoms with van der Waals surface area (Å²) in [6.07, 6.45) is 5.43. The Kier molecular flexibility index (Phi) is 7.31. The van der Waals surface area contributed by atoms with Gasteiger partial charge in [-0.3, -0.25) is 4.79 Å². The molecule has 112 valence electrons. The van der Waals surface area contributed by atoms with Crippen LogP contribution < -0.4 is 11.1 Å². The maximum Gasteiger partial charge on any atom is 0.241 e. The number of nitrogens with two attached hydrogens (primary N) is 1. The number of nitrogens with one attached hydrogen (secondary N) is 1. The zero-order valence-corrected chi connectivity index (χ0v) is 13.0. The SMILES string of the molecule is CCCCC(CCC)NC(=O)C(N)c1ccc(C)cc1. The molecule has 1 rings (SSSR count). The van der Waals surface area contributed by atoms with Crippen molar-refractivity contribution in [1.29, 1.82) is 0 Å². The molecule has 20 heavy (non-hydrogen) atoms. The zero-order chi connectivity index (χ0) is 15.0. The lowest BCUT2D eigenvalue weighted by molar-refractivity contribution is -0.123. The summed E-state index contributed by atoms with van der Waals surface area (Å²) in [6, 6.07) is 7.52. The van der Waals surface area contributed by atoms with Crippen molar-refractivity contribution in [3.05, 3.63) is 35.4 Å². The normalized spacial score (nSPS) is 13.8. The van der Waals surface area contributed by atoms with Crippen molar-refractivity contribution in [2.45, 2.75) is 65.0 Å². The van der Waals surface area contributed by atoms with Crippen molar-refractivity contribution < 1.29 is 4.79 Å². The summed E-state index contributed by atoms with van der Waals surface area (Å²) in [6.45, 7) is 6.34. The van der Waals surface area contributed by atoms with Gasteiger partial charge in [0.05, 0.1) is 0 Å². The van der Waals surface area contributed by atoms with Crippen LogP contribution in [0.2, 0.25) is 0 Å². The van der Waals surface area contributed by atoms with Gasteiger partial charge in [-0.1, -0.05) is 62.9 Å². The second kappa shape index (κ2) is 8.75. The van der Waals surface area contributed by atoms with Crippen molar-refractivity contribution in [1.82, 2.24) is 5.32 Å². The van der Waals surface area contributed by atoms with Crippen molar-refractivity contribution in [2.24, 2.45) is 5.73 Å². The lowest BCUT2D eigenvalue weighted by atomic mass is 10.0. The highest BCUT2D eigenvalue weighted by Gasteiger charge is 2.18. The molecule has 0 aliphatic carbocycles. The largest absolute Gasteiger partial charge is 0.352 e. The Bertz CT molecular complexity index is 400. The lowest BCUT2D eigenvalue weighted by Crippen LogP contribution is -2.40. The lowest BCUT2D eigenvalue weighted by Gasteiger charge is -2.20. The Morgan fingerprint density at radius 2 is 1.80 bits per heavy atom. The zero-order valence-electron chi connectivity index (χ0n) is 13.0. The van der Waals surface area contributed by atoms with E-state index in [4.69, 9.17) is 5.73 Å². The Labute approximate surface area is 122 Å². The van der Waals surface area contributed by atoms with E-state index in [1.165, 1.54) is 5.56 Å². The van der Waals surface area contributed by atoms with Gasteiger partial charge in [-0.25, -0.2) is 0 Å². The Balaban J connectivity index is 2.60. The van der Waals surface area contributed by atoms with Gasteiger partial charge in [0.15, 0.2) is 0 Å². The first-order valence-electron chi connectivity index (χ1n) is 7.71. The van der Waals surface area contributed by atoms with Crippen LogP contribution >= 0.6 is 0 Å². The van der Waals surface area contributed by atoms with Crippen LogP contribution in [-0.4, -0.2) is 11.9 Å². The van der Waals surface area contributed by atoms with Crippen LogP contribution in [0, 0.1) is 6.92 Å². The monoisotopic (exact) mass is 276 g/mol. The number of hydrogen-bond acceptors (Lipinski definition) is 2. The van der Waals surface area contributed by atoms with Crippen LogP contribution in [0.3, 0.4) is 0 Å². The summed E-state index contributed by atoms with van der Waals surface area (Å²) < 4.78 is 0. The second-order valence-electron chi connectivity index (χ2n) is 5.52. The highest BCUT2D eigenvalue weighted by molar-refractivity contribution is 5.83. The molecule has 1 amide bonds. The van der Waals surface area contributed by atoms with Gasteiger partial charge in [-0.05, 0) is 25.3 Å². The molecular formula is C17H28N2O. The molecule has 0 aliphatic heterocycles. The van der Waals surface area contributed by atoms with Crippen molar-refractivity contribution in [3.8, 4) is 0 Å². The molecule has 2 atom stereocenters. The van der Waals surface area contributed by atoms with E-state index >= 15 is 0 Å². The third-order valence-electron chi connectivity index (χ3n) is 3.61. The fraction of sp³-hybridized carbons (Fsp3) is 0.588. The third kappa shape index (κ3) is 5.33. The first-order valence-corrected chi connectivity index (χ1v) is 7.71. The number of carbonyl (C=O) groups excluding carboxylic acids is 1. The van der Waals surface area contributed by atoms with Gasteiger partial charge in [0, 0.05) is 6.04 Å². The molecular weight excluding hydrogens is 248 g/mol. The first kappa shape index (κ1) is 16.7. The van der Waals surface area contributed by atoms with Crippen LogP contribution in [-0.2, 0) is 4.79 Å². The van der Waals surface area contributed by atoms with Crippen molar-refractivity contribution >= 4 is 5.91 Å². The number of hydrogen-bond donors (Lipinski definition) is 2. The van der Waals surface area contributed by atoms with Gasteiger partial charge < -0.3 is 11.1 Å². The topological polar surface area (TPSA) is 55.1 Å². The average Bonchev–Trinajstić information content (AvgIpc) is 2.45. The standard InChI is InChI=1S/C17H28N2O/c1-4-6-8-15(7-5-2)19-17(20)16(18)14-11-9-13(3)10-12-14/h9-12,15-16H,4-8,18H2,1-3H3,(H,19,20). The molecule has 0 bridgehead atoms. The summed E-state index contributed by atoms with van der Waals surface area (Å²) in [7, 11) is 0. The maximum absolute atomic E-state index is 12.2. The summed E-state index contributed by atoms with van der Waals surface area (Å²) in [5.41, 5.74) is 8.10. The first-order chi connectivity index (χ1) is 9.58. The van der Waals surface area contributed by atoms with Gasteiger partial charge in [0.2, 0.25) is 5.91 Å². The minimum Gasteiger partial charge on any atom is -0.352 e. The number of benzene rings is 1. The summed E-state index contributed by atoms with van der Waals surface area (Å²) in [4.78, 5) is 12.2. The highest BCUT2D eigenvalue weighted by atomic mass is 16.2. The highest BCUT2D eigenvalue weighted by Crippen LogP contribution is 2.13. The molecule has 0 spiro atoms. The van der Waals surface area contributed by atoms with Crippen LogP contribution in [0.4, 0.5) is 0 Å². The quantitative estimate of drug-likeness (QED) is 0.764. The fourth-order valence-electron chi connectivity index (χ4n) is 2.30. The Morgan fingerprint density at radius 1 is 1.15 bits per heavy atom. The molecule has 0 saturated heterocycles. The Morgan fingerprint density at radius 3 is 2.35 bits per heavy atom. The number of rotatable bonds is 8. The molecule has 1 aromatic rings. The van der Waals surface area contributed by atoms with E-state index in [1.54, 1.807) is 0 Å². The van der Waals surface area contributed by atoms with Crippen molar-refractivity contribution in [2.75, 3.05) is 0 Å². The molecule has 2 unspecified atom stereocenters. The smallest absolute Gasteiger partial charge is 0.241 e. The maximum atomic E-state index is 12.2. The molecule has 0 aromatic heterocycles. The molecule has 3 nitrogen and oxygen atoms in total. The molecule has 0 saturated carbocycles. The number of carbonyl (C=O) groups is 1. The van der Waals surface area contributed by atoms with Gasteiger partial charge in [-0.15, -0.1) is 0 Å². The molecule has 3 N–H and O–H groups in total. The third-order valence-corrected chi connectivity index (χ3v) is 3.61. The van der Waals surface area contributed by atoms with E-state index in [2.05, 4.69) is 19.2 Å². The fourth-order valence-corrected chi connectivity index (χ4v) is 2.30. The van der Waals surface area contributed by atoms with Crippen LogP contribution in [0.15, 0.2) is 24.3 Å². The second-order valence-corrected chi connectivity index (χ2v) is 5.52. The van der Waals surface area contributed by atoms with Crippen LogP contribution in [0.25, 0.3) is 0 Å². The van der Waals surface area contributed by atoms with Gasteiger partial charge >= 0.3 is 0 Å². The molecule has 0 aliphatic rings. The van der Waals surface area contributed by atoms with E-state index in [0.717, 1.165) is 37.7 Å². The average molecular weight is 276 g/mol.